The van der Waals surface area contributed by atoms with Crippen molar-refractivity contribution in [2.24, 2.45) is 5.73 Å². The molecule has 0 saturated heterocycles. The van der Waals surface area contributed by atoms with Crippen molar-refractivity contribution in [3.8, 4) is 6.07 Å². The third kappa shape index (κ3) is 2.38. The summed E-state index contributed by atoms with van der Waals surface area (Å²) in [5, 5.41) is 9.06. The van der Waals surface area contributed by atoms with Crippen molar-refractivity contribution in [3.63, 3.8) is 0 Å². The van der Waals surface area contributed by atoms with E-state index in [0.717, 1.165) is 11.1 Å². The molecule has 1 aromatic carbocycles. The van der Waals surface area contributed by atoms with Crippen LogP contribution in [0.2, 0.25) is 0 Å². The molecule has 0 aliphatic carbocycles. The number of hydrogen-bond acceptors (Lipinski definition) is 4. The summed E-state index contributed by atoms with van der Waals surface area (Å²) in [6, 6.07) is 5.78. The Morgan fingerprint density at radius 3 is 2.75 bits per heavy atom. The van der Waals surface area contributed by atoms with E-state index in [4.69, 9.17) is 11.0 Å². The molecule has 0 spiro atoms. The van der Waals surface area contributed by atoms with Crippen molar-refractivity contribution >= 4 is 5.97 Å². The van der Waals surface area contributed by atoms with Gasteiger partial charge in [0.05, 0.1) is 25.2 Å². The summed E-state index contributed by atoms with van der Waals surface area (Å²) in [5.74, 6) is -0.364. The summed E-state index contributed by atoms with van der Waals surface area (Å²) in [6.45, 7) is 2.14. The standard InChI is InChI=1S/C12H14N2O2/c1-8-3-4-9(6-13)10(11(8)7-14)5-12(15)16-2/h3-4H,5-6,13H2,1-2H3. The van der Waals surface area contributed by atoms with Crippen LogP contribution in [0.5, 0.6) is 0 Å². The molecule has 0 aliphatic rings. The van der Waals surface area contributed by atoms with Crippen molar-refractivity contribution in [2.75, 3.05) is 7.11 Å². The molecule has 2 N–H and O–H groups in total. The minimum atomic E-state index is -0.364. The van der Waals surface area contributed by atoms with E-state index in [9.17, 15) is 4.79 Å². The molecule has 0 atom stereocenters. The number of hydrogen-bond donors (Lipinski definition) is 1. The highest BCUT2D eigenvalue weighted by molar-refractivity contribution is 5.74. The Kier molecular flexibility index (Phi) is 4.03. The number of carbonyl (C=O) groups is 1. The van der Waals surface area contributed by atoms with Crippen molar-refractivity contribution in [1.82, 2.24) is 0 Å². The lowest BCUT2D eigenvalue weighted by Gasteiger charge is -2.10. The fraction of sp³-hybridized carbons (Fsp3) is 0.333. The van der Waals surface area contributed by atoms with Crippen LogP contribution >= 0.6 is 0 Å². The summed E-state index contributed by atoms with van der Waals surface area (Å²) in [5.41, 5.74) is 8.44. The SMILES string of the molecule is COC(=O)Cc1c(CN)ccc(C)c1C#N. The first-order valence-corrected chi connectivity index (χ1v) is 4.92. The summed E-state index contributed by atoms with van der Waals surface area (Å²) in [7, 11) is 1.33. The van der Waals surface area contributed by atoms with Gasteiger partial charge in [0.1, 0.15) is 0 Å². The second-order valence-corrected chi connectivity index (χ2v) is 3.46. The van der Waals surface area contributed by atoms with Crippen molar-refractivity contribution in [1.29, 1.82) is 5.26 Å². The predicted molar refractivity (Wildman–Crippen MR) is 59.5 cm³/mol. The zero-order chi connectivity index (χ0) is 12.1. The maximum absolute atomic E-state index is 11.3. The van der Waals surface area contributed by atoms with Gasteiger partial charge in [-0.25, -0.2) is 0 Å². The second-order valence-electron chi connectivity index (χ2n) is 3.46. The number of nitrogens with two attached hydrogens (primary N) is 1. The van der Waals surface area contributed by atoms with Crippen LogP contribution in [-0.2, 0) is 22.5 Å². The van der Waals surface area contributed by atoms with Crippen LogP contribution in [0.4, 0.5) is 0 Å². The lowest BCUT2D eigenvalue weighted by Crippen LogP contribution is -2.11. The van der Waals surface area contributed by atoms with Crippen LogP contribution in [0.25, 0.3) is 0 Å². The zero-order valence-corrected chi connectivity index (χ0v) is 9.41. The molecule has 0 saturated carbocycles. The molecular weight excluding hydrogens is 204 g/mol. The number of esters is 1. The molecule has 1 aromatic rings. The number of nitriles is 1. The first kappa shape index (κ1) is 12.2. The smallest absolute Gasteiger partial charge is 0.310 e. The predicted octanol–water partition coefficient (Wildman–Crippen LogP) is 1.04. The topological polar surface area (TPSA) is 76.1 Å². The molecule has 0 unspecified atom stereocenters. The van der Waals surface area contributed by atoms with E-state index < -0.39 is 0 Å². The highest BCUT2D eigenvalue weighted by Gasteiger charge is 2.14. The number of benzene rings is 1. The molecule has 0 aromatic heterocycles. The average Bonchev–Trinajstić information content (AvgIpc) is 2.29. The molecule has 0 fully saturated rings. The second kappa shape index (κ2) is 5.29. The van der Waals surface area contributed by atoms with Gasteiger partial charge in [-0.2, -0.15) is 5.26 Å². The first-order chi connectivity index (χ1) is 7.63. The third-order valence-electron chi connectivity index (χ3n) is 2.50. The van der Waals surface area contributed by atoms with Crippen LogP contribution in [0.15, 0.2) is 12.1 Å². The Bertz CT molecular complexity index is 447. The Morgan fingerprint density at radius 2 is 2.25 bits per heavy atom. The summed E-state index contributed by atoms with van der Waals surface area (Å²) >= 11 is 0. The Morgan fingerprint density at radius 1 is 1.56 bits per heavy atom. The van der Waals surface area contributed by atoms with E-state index in [1.165, 1.54) is 7.11 Å². The van der Waals surface area contributed by atoms with E-state index in [1.54, 1.807) is 0 Å². The first-order valence-electron chi connectivity index (χ1n) is 4.92. The monoisotopic (exact) mass is 218 g/mol. The van der Waals surface area contributed by atoms with Gasteiger partial charge in [0, 0.05) is 6.54 Å². The molecule has 4 heteroatoms. The van der Waals surface area contributed by atoms with Gasteiger partial charge in [-0.1, -0.05) is 12.1 Å². The third-order valence-corrected chi connectivity index (χ3v) is 2.50. The summed E-state index contributed by atoms with van der Waals surface area (Å²) < 4.78 is 4.60. The molecule has 0 radical (unpaired) electrons. The number of aryl methyl sites for hydroxylation is 1. The lowest BCUT2D eigenvalue weighted by molar-refractivity contribution is -0.139. The molecule has 4 nitrogen and oxygen atoms in total. The zero-order valence-electron chi connectivity index (χ0n) is 9.41. The van der Waals surface area contributed by atoms with Crippen molar-refractivity contribution in [2.45, 2.75) is 19.9 Å². The molecule has 16 heavy (non-hydrogen) atoms. The number of nitrogens with zero attached hydrogens (tertiary/aromatic N) is 1. The van der Waals surface area contributed by atoms with Gasteiger partial charge < -0.3 is 10.5 Å². The normalized spacial score (nSPS) is 9.62. The van der Waals surface area contributed by atoms with Gasteiger partial charge >= 0.3 is 5.97 Å². The summed E-state index contributed by atoms with van der Waals surface area (Å²) in [6.07, 6.45) is 0.0909. The van der Waals surface area contributed by atoms with Gasteiger partial charge in [0.2, 0.25) is 0 Å². The highest BCUT2D eigenvalue weighted by Crippen LogP contribution is 2.19. The summed E-state index contributed by atoms with van der Waals surface area (Å²) in [4.78, 5) is 11.3. The largest absolute Gasteiger partial charge is 0.469 e. The lowest BCUT2D eigenvalue weighted by atomic mass is 9.95. The van der Waals surface area contributed by atoms with Crippen LogP contribution in [0.3, 0.4) is 0 Å². The van der Waals surface area contributed by atoms with E-state index in [0.29, 0.717) is 17.7 Å². The number of rotatable bonds is 3. The van der Waals surface area contributed by atoms with Crippen LogP contribution in [-0.4, -0.2) is 13.1 Å². The van der Waals surface area contributed by atoms with Gasteiger partial charge in [-0.05, 0) is 23.6 Å². The Labute approximate surface area is 94.6 Å². The molecule has 0 heterocycles. The number of methoxy groups -OCH3 is 1. The molecule has 0 aliphatic heterocycles. The fourth-order valence-electron chi connectivity index (χ4n) is 1.57. The highest BCUT2D eigenvalue weighted by atomic mass is 16.5. The van der Waals surface area contributed by atoms with Gasteiger partial charge in [0.25, 0.3) is 0 Å². The van der Waals surface area contributed by atoms with E-state index >= 15 is 0 Å². The van der Waals surface area contributed by atoms with Crippen LogP contribution in [0, 0.1) is 18.3 Å². The molecule has 1 rings (SSSR count). The number of ether oxygens (including phenoxy) is 1. The van der Waals surface area contributed by atoms with Crippen molar-refractivity contribution < 1.29 is 9.53 Å². The number of carbonyl (C=O) groups excluding carboxylic acids is 1. The van der Waals surface area contributed by atoms with Gasteiger partial charge in [-0.15, -0.1) is 0 Å². The molecular formula is C12H14N2O2. The molecule has 84 valence electrons. The average molecular weight is 218 g/mol. The maximum Gasteiger partial charge on any atom is 0.310 e. The van der Waals surface area contributed by atoms with E-state index in [-0.39, 0.29) is 12.4 Å². The van der Waals surface area contributed by atoms with E-state index in [1.807, 2.05) is 19.1 Å². The minimum Gasteiger partial charge on any atom is -0.469 e. The van der Waals surface area contributed by atoms with Crippen LogP contribution in [0.1, 0.15) is 22.3 Å². The Hall–Kier alpha value is -1.86. The van der Waals surface area contributed by atoms with Gasteiger partial charge in [-0.3, -0.25) is 4.79 Å². The Balaban J connectivity index is 3.26. The van der Waals surface area contributed by atoms with E-state index in [2.05, 4.69) is 10.8 Å². The quantitative estimate of drug-likeness (QED) is 0.769. The van der Waals surface area contributed by atoms with Crippen molar-refractivity contribution in [3.05, 3.63) is 34.4 Å². The fourth-order valence-corrected chi connectivity index (χ4v) is 1.57. The molecule has 0 amide bonds. The maximum atomic E-state index is 11.3. The van der Waals surface area contributed by atoms with Gasteiger partial charge in [0.15, 0.2) is 0 Å². The minimum absolute atomic E-state index is 0.0909. The molecule has 0 bridgehead atoms. The van der Waals surface area contributed by atoms with Crippen LogP contribution < -0.4 is 5.73 Å².